The van der Waals surface area contributed by atoms with Crippen molar-refractivity contribution in [2.75, 3.05) is 13.1 Å². The Hall–Kier alpha value is -2.59. The van der Waals surface area contributed by atoms with Gasteiger partial charge >= 0.3 is 0 Å². The summed E-state index contributed by atoms with van der Waals surface area (Å²) in [4.78, 5) is 30.1. The number of aryl methyl sites for hydroxylation is 2. The molecular formula is C23H23ClN2O2. The van der Waals surface area contributed by atoms with Gasteiger partial charge in [-0.05, 0) is 55.5 Å². The van der Waals surface area contributed by atoms with Crippen LogP contribution in [0.5, 0.6) is 0 Å². The van der Waals surface area contributed by atoms with Crippen LogP contribution in [0.2, 0.25) is 5.02 Å². The van der Waals surface area contributed by atoms with Gasteiger partial charge in [0.05, 0.1) is 12.1 Å². The van der Waals surface area contributed by atoms with E-state index in [1.165, 1.54) is 4.90 Å². The Morgan fingerprint density at radius 1 is 0.929 bits per heavy atom. The number of benzene rings is 2. The lowest BCUT2D eigenvalue weighted by Gasteiger charge is -2.20. The van der Waals surface area contributed by atoms with Gasteiger partial charge in [-0.1, -0.05) is 47.5 Å². The van der Waals surface area contributed by atoms with Gasteiger partial charge in [0, 0.05) is 18.1 Å². The number of halogens is 1. The van der Waals surface area contributed by atoms with Crippen LogP contribution in [0.25, 0.3) is 5.57 Å². The average Bonchev–Trinajstić information content (AvgIpc) is 3.26. The van der Waals surface area contributed by atoms with E-state index in [0.29, 0.717) is 16.3 Å². The molecule has 0 aliphatic carbocycles. The Kier molecular flexibility index (Phi) is 4.98. The number of carbonyl (C=O) groups excluding carboxylic acids is 2. The van der Waals surface area contributed by atoms with E-state index in [-0.39, 0.29) is 18.4 Å². The fourth-order valence-corrected chi connectivity index (χ4v) is 4.18. The molecule has 5 heteroatoms. The third-order valence-corrected chi connectivity index (χ3v) is 5.72. The first-order valence-corrected chi connectivity index (χ1v) is 10.0. The van der Waals surface area contributed by atoms with Gasteiger partial charge in [0.1, 0.15) is 5.70 Å². The van der Waals surface area contributed by atoms with E-state index >= 15 is 0 Å². The molecule has 2 aromatic rings. The molecule has 0 N–H and O–H groups in total. The molecule has 28 heavy (non-hydrogen) atoms. The molecule has 0 saturated carbocycles. The highest BCUT2D eigenvalue weighted by Gasteiger charge is 2.42. The summed E-state index contributed by atoms with van der Waals surface area (Å²) in [5.41, 5.74) is 4.99. The smallest absolute Gasteiger partial charge is 0.278 e. The highest BCUT2D eigenvalue weighted by molar-refractivity contribution is 6.35. The van der Waals surface area contributed by atoms with Gasteiger partial charge in [-0.3, -0.25) is 14.5 Å². The highest BCUT2D eigenvalue weighted by atomic mass is 35.5. The van der Waals surface area contributed by atoms with Crippen molar-refractivity contribution in [1.82, 2.24) is 9.80 Å². The molecule has 144 valence electrons. The maximum atomic E-state index is 13.4. The quantitative estimate of drug-likeness (QED) is 0.724. The number of imide groups is 1. The van der Waals surface area contributed by atoms with Crippen molar-refractivity contribution in [3.8, 4) is 0 Å². The van der Waals surface area contributed by atoms with E-state index in [2.05, 4.69) is 11.0 Å². The van der Waals surface area contributed by atoms with Crippen molar-refractivity contribution < 1.29 is 9.59 Å². The summed E-state index contributed by atoms with van der Waals surface area (Å²) < 4.78 is 0. The van der Waals surface area contributed by atoms with E-state index in [1.54, 1.807) is 12.1 Å². The van der Waals surface area contributed by atoms with Crippen LogP contribution in [-0.4, -0.2) is 34.7 Å². The van der Waals surface area contributed by atoms with Gasteiger partial charge in [0.15, 0.2) is 0 Å². The summed E-state index contributed by atoms with van der Waals surface area (Å²) in [5, 5.41) is 0.634. The van der Waals surface area contributed by atoms with Crippen LogP contribution in [-0.2, 0) is 16.1 Å². The van der Waals surface area contributed by atoms with Crippen LogP contribution in [0.3, 0.4) is 0 Å². The summed E-state index contributed by atoms with van der Waals surface area (Å²) in [6.07, 6.45) is 2.09. The van der Waals surface area contributed by atoms with Crippen LogP contribution in [0.15, 0.2) is 48.2 Å². The average molecular weight is 395 g/mol. The van der Waals surface area contributed by atoms with Gasteiger partial charge in [-0.15, -0.1) is 0 Å². The number of carbonyl (C=O) groups is 2. The molecule has 0 aromatic heterocycles. The Balaban J connectivity index is 1.76. The van der Waals surface area contributed by atoms with Gasteiger partial charge < -0.3 is 4.90 Å². The monoisotopic (exact) mass is 394 g/mol. The molecule has 1 saturated heterocycles. The molecule has 2 heterocycles. The lowest BCUT2D eigenvalue weighted by Crippen LogP contribution is -2.34. The number of rotatable bonds is 4. The third-order valence-electron chi connectivity index (χ3n) is 5.47. The number of hydrogen-bond donors (Lipinski definition) is 0. The van der Waals surface area contributed by atoms with Crippen LogP contribution >= 0.6 is 11.6 Å². The zero-order chi connectivity index (χ0) is 19.8. The SMILES string of the molecule is Cc1ccc(C2=C(N3CCCC3)C(=O)N(Cc3ccc(Cl)cc3)C2=O)c(C)c1. The van der Waals surface area contributed by atoms with E-state index in [0.717, 1.165) is 48.2 Å². The Morgan fingerprint density at radius 3 is 2.25 bits per heavy atom. The van der Waals surface area contributed by atoms with Crippen molar-refractivity contribution in [2.24, 2.45) is 0 Å². The van der Waals surface area contributed by atoms with E-state index in [4.69, 9.17) is 11.6 Å². The first-order valence-electron chi connectivity index (χ1n) is 9.63. The molecule has 2 aromatic carbocycles. The third kappa shape index (κ3) is 3.33. The second-order valence-corrected chi connectivity index (χ2v) is 8.00. The lowest BCUT2D eigenvalue weighted by atomic mass is 9.97. The fraction of sp³-hybridized carbons (Fsp3) is 0.304. The molecule has 0 atom stereocenters. The number of hydrogen-bond acceptors (Lipinski definition) is 3. The van der Waals surface area contributed by atoms with Crippen LogP contribution in [0.1, 0.15) is 35.1 Å². The van der Waals surface area contributed by atoms with Crippen molar-refractivity contribution in [2.45, 2.75) is 33.2 Å². The maximum absolute atomic E-state index is 13.4. The Morgan fingerprint density at radius 2 is 1.61 bits per heavy atom. The summed E-state index contributed by atoms with van der Waals surface area (Å²) in [6, 6.07) is 13.3. The molecule has 2 aliphatic heterocycles. The fourth-order valence-electron chi connectivity index (χ4n) is 4.05. The number of amides is 2. The van der Waals surface area contributed by atoms with Crippen LogP contribution in [0.4, 0.5) is 0 Å². The second-order valence-electron chi connectivity index (χ2n) is 7.56. The summed E-state index contributed by atoms with van der Waals surface area (Å²) >= 11 is 5.97. The molecule has 0 bridgehead atoms. The zero-order valence-electron chi connectivity index (χ0n) is 16.2. The van der Waals surface area contributed by atoms with E-state index in [1.807, 2.05) is 38.1 Å². The molecule has 4 nitrogen and oxygen atoms in total. The van der Waals surface area contributed by atoms with Crippen molar-refractivity contribution >= 4 is 29.0 Å². The summed E-state index contributed by atoms with van der Waals surface area (Å²) in [5.74, 6) is -0.411. The van der Waals surface area contributed by atoms with Crippen molar-refractivity contribution in [1.29, 1.82) is 0 Å². The normalized spacial score (nSPS) is 17.2. The molecule has 2 amide bonds. The van der Waals surface area contributed by atoms with Gasteiger partial charge in [-0.2, -0.15) is 0 Å². The predicted molar refractivity (Wildman–Crippen MR) is 111 cm³/mol. The largest absolute Gasteiger partial charge is 0.366 e. The lowest BCUT2D eigenvalue weighted by molar-refractivity contribution is -0.138. The van der Waals surface area contributed by atoms with E-state index in [9.17, 15) is 9.59 Å². The maximum Gasteiger partial charge on any atom is 0.278 e. The minimum Gasteiger partial charge on any atom is -0.366 e. The second kappa shape index (κ2) is 7.44. The van der Waals surface area contributed by atoms with Gasteiger partial charge in [0.25, 0.3) is 11.8 Å². The minimum atomic E-state index is -0.214. The molecule has 0 spiro atoms. The van der Waals surface area contributed by atoms with Crippen molar-refractivity contribution in [3.05, 3.63) is 75.4 Å². The molecule has 0 radical (unpaired) electrons. The first-order chi connectivity index (χ1) is 13.5. The first kappa shape index (κ1) is 18.8. The zero-order valence-corrected chi connectivity index (χ0v) is 16.9. The predicted octanol–water partition coefficient (Wildman–Crippen LogP) is 4.33. The molecule has 2 aliphatic rings. The molecule has 0 unspecified atom stereocenters. The van der Waals surface area contributed by atoms with Crippen LogP contribution in [0, 0.1) is 13.8 Å². The van der Waals surface area contributed by atoms with E-state index < -0.39 is 0 Å². The Bertz CT molecular complexity index is 973. The summed E-state index contributed by atoms with van der Waals surface area (Å²) in [6.45, 7) is 5.91. The Labute approximate surface area is 170 Å². The van der Waals surface area contributed by atoms with Crippen LogP contribution < -0.4 is 0 Å². The molecule has 1 fully saturated rings. The van der Waals surface area contributed by atoms with Gasteiger partial charge in [0.2, 0.25) is 0 Å². The number of likely N-dealkylation sites (tertiary alicyclic amines) is 1. The minimum absolute atomic E-state index is 0.197. The standard InChI is InChI=1S/C23H23ClN2O2/c1-15-5-10-19(16(2)13-15)20-21(25-11-3-4-12-25)23(28)26(22(20)27)14-17-6-8-18(24)9-7-17/h5-10,13H,3-4,11-12,14H2,1-2H3. The highest BCUT2D eigenvalue weighted by Crippen LogP contribution is 2.35. The number of nitrogens with zero attached hydrogens (tertiary/aromatic N) is 2. The van der Waals surface area contributed by atoms with Crippen molar-refractivity contribution in [3.63, 3.8) is 0 Å². The summed E-state index contributed by atoms with van der Waals surface area (Å²) in [7, 11) is 0. The van der Waals surface area contributed by atoms with Gasteiger partial charge in [-0.25, -0.2) is 0 Å². The molecule has 4 rings (SSSR count). The topological polar surface area (TPSA) is 40.6 Å². The molecular weight excluding hydrogens is 372 g/mol.